The minimum absolute atomic E-state index is 0.335. The molecular weight excluding hydrogens is 396 g/mol. The molecule has 0 N–H and O–H groups in total. The van der Waals surface area contributed by atoms with Gasteiger partial charge < -0.3 is 4.74 Å². The quantitative estimate of drug-likeness (QED) is 0.327. The molecule has 2 aromatic heterocycles. The molecule has 0 aliphatic carbocycles. The van der Waals surface area contributed by atoms with E-state index in [1.165, 1.54) is 12.7 Å². The molecule has 30 heavy (non-hydrogen) atoms. The Morgan fingerprint density at radius 3 is 2.47 bits per heavy atom. The summed E-state index contributed by atoms with van der Waals surface area (Å²) in [5.74, 6) is 1.16. The van der Waals surface area contributed by atoms with E-state index in [1.807, 2.05) is 42.5 Å². The standard InChI is InChI=1S/C23H20N4O2S/c1-29-22(28)19-11-9-18(10-12-19)16-30-23-26-25-21(20-8-5-13-24-14-20)27(23)15-17-6-3-2-4-7-17/h2-14H,15-16H2,1H3. The highest BCUT2D eigenvalue weighted by Gasteiger charge is 2.15. The molecule has 0 unspecified atom stereocenters. The number of nitrogens with zero attached hydrogens (tertiary/aromatic N) is 4. The van der Waals surface area contributed by atoms with E-state index in [9.17, 15) is 4.79 Å². The molecule has 2 aromatic carbocycles. The smallest absolute Gasteiger partial charge is 0.337 e. The van der Waals surface area contributed by atoms with Crippen LogP contribution in [0.2, 0.25) is 0 Å². The zero-order valence-electron chi connectivity index (χ0n) is 16.4. The highest BCUT2D eigenvalue weighted by molar-refractivity contribution is 7.98. The van der Waals surface area contributed by atoms with Crippen LogP contribution in [0.5, 0.6) is 0 Å². The largest absolute Gasteiger partial charge is 0.465 e. The fourth-order valence-electron chi connectivity index (χ4n) is 3.02. The van der Waals surface area contributed by atoms with Crippen molar-refractivity contribution >= 4 is 17.7 Å². The maximum Gasteiger partial charge on any atom is 0.337 e. The molecule has 4 aromatic rings. The molecule has 0 aliphatic rings. The van der Waals surface area contributed by atoms with Crippen LogP contribution in [0.15, 0.2) is 84.3 Å². The summed E-state index contributed by atoms with van der Waals surface area (Å²) in [5.41, 5.74) is 3.73. The minimum atomic E-state index is -0.335. The third-order valence-corrected chi connectivity index (χ3v) is 5.60. The second-order valence-corrected chi connectivity index (χ2v) is 7.54. The van der Waals surface area contributed by atoms with Crippen LogP contribution in [0, 0.1) is 0 Å². The number of methoxy groups -OCH3 is 1. The number of aromatic nitrogens is 4. The Morgan fingerprint density at radius 2 is 1.77 bits per heavy atom. The van der Waals surface area contributed by atoms with Crippen molar-refractivity contribution in [2.75, 3.05) is 7.11 Å². The van der Waals surface area contributed by atoms with Crippen molar-refractivity contribution < 1.29 is 9.53 Å². The SMILES string of the molecule is COC(=O)c1ccc(CSc2nnc(-c3cccnc3)n2Cc2ccccc2)cc1. The molecule has 0 radical (unpaired) electrons. The van der Waals surface area contributed by atoms with E-state index in [2.05, 4.69) is 31.9 Å². The van der Waals surface area contributed by atoms with E-state index >= 15 is 0 Å². The maximum atomic E-state index is 11.6. The first-order valence-electron chi connectivity index (χ1n) is 9.42. The van der Waals surface area contributed by atoms with Crippen molar-refractivity contribution in [3.8, 4) is 11.4 Å². The summed E-state index contributed by atoms with van der Waals surface area (Å²) in [6, 6.07) is 21.5. The molecule has 150 valence electrons. The van der Waals surface area contributed by atoms with E-state index in [0.29, 0.717) is 17.9 Å². The first kappa shape index (κ1) is 19.8. The lowest BCUT2D eigenvalue weighted by Gasteiger charge is -2.10. The average Bonchev–Trinajstić information content (AvgIpc) is 3.21. The fraction of sp³-hybridized carbons (Fsp3) is 0.130. The van der Waals surface area contributed by atoms with Gasteiger partial charge in [0.15, 0.2) is 11.0 Å². The zero-order valence-corrected chi connectivity index (χ0v) is 17.2. The van der Waals surface area contributed by atoms with Gasteiger partial charge in [-0.3, -0.25) is 9.55 Å². The van der Waals surface area contributed by atoms with Gasteiger partial charge in [0.2, 0.25) is 0 Å². The number of thioether (sulfide) groups is 1. The van der Waals surface area contributed by atoms with Crippen LogP contribution < -0.4 is 0 Å². The van der Waals surface area contributed by atoms with Crippen LogP contribution in [-0.4, -0.2) is 32.8 Å². The number of pyridine rings is 1. The van der Waals surface area contributed by atoms with E-state index in [1.54, 1.807) is 36.3 Å². The van der Waals surface area contributed by atoms with Gasteiger partial charge in [0.25, 0.3) is 0 Å². The average molecular weight is 417 g/mol. The first-order valence-corrected chi connectivity index (χ1v) is 10.4. The lowest BCUT2D eigenvalue weighted by molar-refractivity contribution is 0.0600. The Bertz CT molecular complexity index is 1110. The molecule has 0 spiro atoms. The highest BCUT2D eigenvalue weighted by Crippen LogP contribution is 2.27. The van der Waals surface area contributed by atoms with Crippen LogP contribution >= 0.6 is 11.8 Å². The monoisotopic (exact) mass is 416 g/mol. The van der Waals surface area contributed by atoms with Crippen molar-refractivity contribution in [1.29, 1.82) is 0 Å². The number of hydrogen-bond donors (Lipinski definition) is 0. The van der Waals surface area contributed by atoms with Crippen LogP contribution in [0.25, 0.3) is 11.4 Å². The molecule has 0 amide bonds. The van der Waals surface area contributed by atoms with Crippen LogP contribution in [0.4, 0.5) is 0 Å². The van der Waals surface area contributed by atoms with Crippen LogP contribution in [0.1, 0.15) is 21.5 Å². The van der Waals surface area contributed by atoms with Crippen LogP contribution in [0.3, 0.4) is 0 Å². The summed E-state index contributed by atoms with van der Waals surface area (Å²) in [6.07, 6.45) is 3.54. The number of hydrogen-bond acceptors (Lipinski definition) is 6. The minimum Gasteiger partial charge on any atom is -0.465 e. The molecule has 7 heteroatoms. The predicted molar refractivity (Wildman–Crippen MR) is 116 cm³/mol. The molecule has 0 saturated heterocycles. The molecule has 0 saturated carbocycles. The van der Waals surface area contributed by atoms with Crippen LogP contribution in [-0.2, 0) is 17.0 Å². The lowest BCUT2D eigenvalue weighted by atomic mass is 10.1. The third kappa shape index (κ3) is 4.58. The van der Waals surface area contributed by atoms with E-state index in [4.69, 9.17) is 4.74 Å². The van der Waals surface area contributed by atoms with Crippen molar-refractivity contribution in [3.63, 3.8) is 0 Å². The van der Waals surface area contributed by atoms with Gasteiger partial charge in [0.05, 0.1) is 19.2 Å². The van der Waals surface area contributed by atoms with Gasteiger partial charge in [-0.25, -0.2) is 4.79 Å². The molecule has 0 aliphatic heterocycles. The number of ether oxygens (including phenoxy) is 1. The van der Waals surface area contributed by atoms with E-state index < -0.39 is 0 Å². The van der Waals surface area contributed by atoms with Crippen molar-refractivity contribution in [1.82, 2.24) is 19.7 Å². The van der Waals surface area contributed by atoms with Gasteiger partial charge in [0, 0.05) is 23.7 Å². The second-order valence-electron chi connectivity index (χ2n) is 6.60. The fourth-order valence-corrected chi connectivity index (χ4v) is 3.91. The molecule has 0 atom stereocenters. The van der Waals surface area contributed by atoms with Gasteiger partial charge in [-0.05, 0) is 35.4 Å². The Hall–Kier alpha value is -3.45. The van der Waals surface area contributed by atoms with Crippen molar-refractivity contribution in [3.05, 3.63) is 95.8 Å². The maximum absolute atomic E-state index is 11.6. The summed E-state index contributed by atoms with van der Waals surface area (Å²) in [4.78, 5) is 15.8. The number of carbonyl (C=O) groups excluding carboxylic acids is 1. The molecule has 6 nitrogen and oxygen atoms in total. The van der Waals surface area contributed by atoms with Crippen molar-refractivity contribution in [2.45, 2.75) is 17.5 Å². The zero-order chi connectivity index (χ0) is 20.8. The molecule has 2 heterocycles. The van der Waals surface area contributed by atoms with Gasteiger partial charge in [-0.15, -0.1) is 10.2 Å². The summed E-state index contributed by atoms with van der Waals surface area (Å²) >= 11 is 1.61. The van der Waals surface area contributed by atoms with Gasteiger partial charge >= 0.3 is 5.97 Å². The third-order valence-electron chi connectivity index (χ3n) is 4.56. The Labute approximate surface area is 179 Å². The molecular formula is C23H20N4O2S. The Kier molecular flexibility index (Phi) is 6.20. The number of esters is 1. The van der Waals surface area contributed by atoms with Gasteiger partial charge in [0.1, 0.15) is 0 Å². The predicted octanol–water partition coefficient (Wildman–Crippen LogP) is 4.47. The number of rotatable bonds is 7. The highest BCUT2D eigenvalue weighted by atomic mass is 32.2. The lowest BCUT2D eigenvalue weighted by Crippen LogP contribution is -2.04. The second kappa shape index (κ2) is 9.37. The summed E-state index contributed by atoms with van der Waals surface area (Å²) in [6.45, 7) is 0.668. The molecule has 0 bridgehead atoms. The summed E-state index contributed by atoms with van der Waals surface area (Å²) in [5, 5.41) is 9.70. The van der Waals surface area contributed by atoms with Gasteiger partial charge in [-0.1, -0.05) is 54.2 Å². The molecule has 0 fully saturated rings. The summed E-state index contributed by atoms with van der Waals surface area (Å²) < 4.78 is 6.86. The Morgan fingerprint density at radius 1 is 0.967 bits per heavy atom. The number of benzene rings is 2. The Balaban J connectivity index is 1.58. The van der Waals surface area contributed by atoms with E-state index in [0.717, 1.165) is 22.1 Å². The molecule has 4 rings (SSSR count). The number of carbonyl (C=O) groups is 1. The topological polar surface area (TPSA) is 69.9 Å². The van der Waals surface area contributed by atoms with Gasteiger partial charge in [-0.2, -0.15) is 0 Å². The first-order chi connectivity index (χ1) is 14.7. The van der Waals surface area contributed by atoms with Crippen molar-refractivity contribution in [2.24, 2.45) is 0 Å². The normalized spacial score (nSPS) is 10.7. The summed E-state index contributed by atoms with van der Waals surface area (Å²) in [7, 11) is 1.38. The van der Waals surface area contributed by atoms with E-state index in [-0.39, 0.29) is 5.97 Å².